The number of alkyl halides is 3. The van der Waals surface area contributed by atoms with E-state index in [9.17, 15) is 13.2 Å². The van der Waals surface area contributed by atoms with E-state index in [0.29, 0.717) is 17.0 Å². The van der Waals surface area contributed by atoms with Gasteiger partial charge in [-0.25, -0.2) is 0 Å². The molecule has 0 amide bonds. The third-order valence-corrected chi connectivity index (χ3v) is 2.20. The van der Waals surface area contributed by atoms with Gasteiger partial charge in [0.05, 0.1) is 0 Å². The van der Waals surface area contributed by atoms with Crippen LogP contribution in [0.4, 0.5) is 18.9 Å². The summed E-state index contributed by atoms with van der Waals surface area (Å²) in [5, 5.41) is 0. The zero-order valence-electron chi connectivity index (χ0n) is 9.60. The lowest BCUT2D eigenvalue weighted by atomic mass is 10.1. The van der Waals surface area contributed by atoms with Crippen molar-refractivity contribution in [3.05, 3.63) is 23.3 Å². The van der Waals surface area contributed by atoms with Gasteiger partial charge in [-0.3, -0.25) is 0 Å². The first-order valence-electron chi connectivity index (χ1n) is 4.94. The summed E-state index contributed by atoms with van der Waals surface area (Å²) in [6.45, 7) is 1.74. The lowest BCUT2D eigenvalue weighted by Gasteiger charge is -2.14. The Bertz CT molecular complexity index is 391. The molecule has 1 aromatic rings. The molecule has 17 heavy (non-hydrogen) atoms. The van der Waals surface area contributed by atoms with Crippen molar-refractivity contribution in [3.8, 4) is 5.75 Å². The van der Waals surface area contributed by atoms with Crippen molar-refractivity contribution in [2.24, 2.45) is 0 Å². The molecule has 0 radical (unpaired) electrons. The van der Waals surface area contributed by atoms with Crippen LogP contribution in [-0.2, 0) is 4.74 Å². The van der Waals surface area contributed by atoms with Gasteiger partial charge in [-0.05, 0) is 25.5 Å². The molecule has 96 valence electrons. The average Bonchev–Trinajstić information content (AvgIpc) is 2.21. The monoisotopic (exact) mass is 249 g/mol. The van der Waals surface area contributed by atoms with Crippen LogP contribution >= 0.6 is 0 Å². The summed E-state index contributed by atoms with van der Waals surface area (Å²) >= 11 is 0. The fourth-order valence-electron chi connectivity index (χ4n) is 1.32. The van der Waals surface area contributed by atoms with E-state index >= 15 is 0 Å². The number of halogens is 3. The van der Waals surface area contributed by atoms with E-state index in [1.807, 2.05) is 0 Å². The lowest BCUT2D eigenvalue weighted by molar-refractivity contribution is -0.186. The second kappa shape index (κ2) is 5.27. The highest BCUT2D eigenvalue weighted by molar-refractivity contribution is 5.56. The number of nitrogens with two attached hydrogens (primary N) is 1. The maximum absolute atomic E-state index is 11.8. The van der Waals surface area contributed by atoms with Crippen molar-refractivity contribution >= 4 is 5.69 Å². The van der Waals surface area contributed by atoms with Crippen LogP contribution in [0.1, 0.15) is 11.1 Å². The number of hydrogen-bond donors (Lipinski definition) is 1. The fraction of sp³-hybridized carbons (Fsp3) is 0.455. The zero-order valence-corrected chi connectivity index (χ0v) is 9.60. The first-order chi connectivity index (χ1) is 7.81. The van der Waals surface area contributed by atoms with Crippen molar-refractivity contribution in [2.75, 3.05) is 19.1 Å². The molecule has 0 bridgehead atoms. The average molecular weight is 249 g/mol. The summed E-state index contributed by atoms with van der Waals surface area (Å²) in [7, 11) is 0. The predicted molar refractivity (Wildman–Crippen MR) is 57.8 cm³/mol. The standard InChI is InChI=1S/C11H14F3NO2/c1-7-3-4-9(15)8(2)10(7)17-6-16-5-11(12,13)14/h3-4H,5-6,15H2,1-2H3. The van der Waals surface area contributed by atoms with Gasteiger partial charge in [-0.2, -0.15) is 13.2 Å². The second-order valence-electron chi connectivity index (χ2n) is 3.65. The fourth-order valence-corrected chi connectivity index (χ4v) is 1.32. The Hall–Kier alpha value is -1.43. The van der Waals surface area contributed by atoms with E-state index in [1.54, 1.807) is 26.0 Å². The van der Waals surface area contributed by atoms with Crippen molar-refractivity contribution in [2.45, 2.75) is 20.0 Å². The molecule has 1 rings (SSSR count). The topological polar surface area (TPSA) is 44.5 Å². The van der Waals surface area contributed by atoms with E-state index in [1.165, 1.54) is 0 Å². The molecule has 0 unspecified atom stereocenters. The van der Waals surface area contributed by atoms with Crippen LogP contribution in [0.2, 0.25) is 0 Å². The minimum absolute atomic E-state index is 0.454. The molecule has 0 atom stereocenters. The second-order valence-corrected chi connectivity index (χ2v) is 3.65. The summed E-state index contributed by atoms with van der Waals surface area (Å²) in [5.74, 6) is 0.465. The number of benzene rings is 1. The van der Waals surface area contributed by atoms with Gasteiger partial charge in [-0.1, -0.05) is 6.07 Å². The molecular weight excluding hydrogens is 235 g/mol. The SMILES string of the molecule is Cc1ccc(N)c(C)c1OCOCC(F)(F)F. The molecule has 0 aliphatic heterocycles. The molecule has 0 aromatic heterocycles. The Labute approximate surface area is 97.3 Å². The van der Waals surface area contributed by atoms with Crippen LogP contribution in [0.5, 0.6) is 5.75 Å². The number of nitrogen functional groups attached to an aromatic ring is 1. The summed E-state index contributed by atoms with van der Waals surface area (Å²) in [5.41, 5.74) is 7.68. The van der Waals surface area contributed by atoms with E-state index in [4.69, 9.17) is 10.5 Å². The molecule has 0 fully saturated rings. The Morgan fingerprint density at radius 1 is 1.24 bits per heavy atom. The van der Waals surface area contributed by atoms with Crippen molar-refractivity contribution < 1.29 is 22.6 Å². The molecule has 3 nitrogen and oxygen atoms in total. The normalized spacial score (nSPS) is 11.6. The highest BCUT2D eigenvalue weighted by atomic mass is 19.4. The Morgan fingerprint density at radius 2 is 1.88 bits per heavy atom. The Kier molecular flexibility index (Phi) is 4.22. The number of ether oxygens (including phenoxy) is 2. The van der Waals surface area contributed by atoms with Crippen molar-refractivity contribution in [1.29, 1.82) is 0 Å². The summed E-state index contributed by atoms with van der Waals surface area (Å²) < 4.78 is 44.9. The highest BCUT2D eigenvalue weighted by Crippen LogP contribution is 2.27. The first-order valence-corrected chi connectivity index (χ1v) is 4.94. The van der Waals surface area contributed by atoms with Crippen LogP contribution in [-0.4, -0.2) is 19.6 Å². The van der Waals surface area contributed by atoms with Gasteiger partial charge in [0.15, 0.2) is 6.79 Å². The van der Waals surface area contributed by atoms with Crippen LogP contribution in [0.25, 0.3) is 0 Å². The van der Waals surface area contributed by atoms with Gasteiger partial charge in [0, 0.05) is 11.3 Å². The van der Waals surface area contributed by atoms with E-state index in [2.05, 4.69) is 4.74 Å². The Balaban J connectivity index is 2.55. The smallest absolute Gasteiger partial charge is 0.411 e. The summed E-state index contributed by atoms with van der Waals surface area (Å²) in [4.78, 5) is 0. The van der Waals surface area contributed by atoms with E-state index < -0.39 is 19.6 Å². The van der Waals surface area contributed by atoms with Crippen molar-refractivity contribution in [3.63, 3.8) is 0 Å². The summed E-state index contributed by atoms with van der Waals surface area (Å²) in [6.07, 6.45) is -4.34. The number of hydrogen-bond acceptors (Lipinski definition) is 3. The predicted octanol–water partition coefficient (Wildman–Crippen LogP) is 2.80. The van der Waals surface area contributed by atoms with Gasteiger partial charge < -0.3 is 15.2 Å². The molecule has 2 N–H and O–H groups in total. The maximum atomic E-state index is 11.8. The maximum Gasteiger partial charge on any atom is 0.411 e. The lowest BCUT2D eigenvalue weighted by Crippen LogP contribution is -2.19. The molecule has 0 heterocycles. The molecule has 0 aliphatic rings. The van der Waals surface area contributed by atoms with Crippen LogP contribution in [0.15, 0.2) is 12.1 Å². The van der Waals surface area contributed by atoms with Crippen LogP contribution < -0.4 is 10.5 Å². The Morgan fingerprint density at radius 3 is 2.47 bits per heavy atom. The minimum Gasteiger partial charge on any atom is -0.467 e. The van der Waals surface area contributed by atoms with Crippen LogP contribution in [0.3, 0.4) is 0 Å². The molecule has 6 heteroatoms. The minimum atomic E-state index is -4.34. The molecule has 0 spiro atoms. The number of aryl methyl sites for hydroxylation is 1. The summed E-state index contributed by atoms with van der Waals surface area (Å²) in [6, 6.07) is 3.45. The zero-order chi connectivity index (χ0) is 13.1. The first kappa shape index (κ1) is 13.6. The van der Waals surface area contributed by atoms with Crippen LogP contribution in [0, 0.1) is 13.8 Å². The molecule has 1 aromatic carbocycles. The largest absolute Gasteiger partial charge is 0.467 e. The third kappa shape index (κ3) is 4.14. The van der Waals surface area contributed by atoms with Gasteiger partial charge in [0.1, 0.15) is 12.4 Å². The van der Waals surface area contributed by atoms with Gasteiger partial charge in [-0.15, -0.1) is 0 Å². The quantitative estimate of drug-likeness (QED) is 0.507. The van der Waals surface area contributed by atoms with Crippen molar-refractivity contribution in [1.82, 2.24) is 0 Å². The highest BCUT2D eigenvalue weighted by Gasteiger charge is 2.27. The molecular formula is C11H14F3NO2. The van der Waals surface area contributed by atoms with Gasteiger partial charge >= 0.3 is 6.18 Å². The third-order valence-electron chi connectivity index (χ3n) is 2.20. The number of rotatable bonds is 4. The molecule has 0 saturated carbocycles. The molecule has 0 saturated heterocycles. The van der Waals surface area contributed by atoms with E-state index in [-0.39, 0.29) is 0 Å². The van der Waals surface area contributed by atoms with Gasteiger partial charge in [0.25, 0.3) is 0 Å². The van der Waals surface area contributed by atoms with Gasteiger partial charge in [0.2, 0.25) is 0 Å². The number of anilines is 1. The molecule has 0 aliphatic carbocycles. The van der Waals surface area contributed by atoms with E-state index in [0.717, 1.165) is 5.56 Å².